The Morgan fingerprint density at radius 1 is 1.12 bits per heavy atom. The van der Waals surface area contributed by atoms with E-state index in [1.165, 1.54) is 63.0 Å². The maximum atomic E-state index is 9.19. The molecule has 1 aromatic heterocycles. The van der Waals surface area contributed by atoms with Crippen molar-refractivity contribution < 1.29 is 5.11 Å². The van der Waals surface area contributed by atoms with Crippen molar-refractivity contribution in [2.45, 2.75) is 71.1 Å². The summed E-state index contributed by atoms with van der Waals surface area (Å²) in [6.07, 6.45) is 7.01. The minimum atomic E-state index is 0.159. The molecule has 5 nitrogen and oxygen atoms in total. The molecule has 2 unspecified atom stereocenters. The van der Waals surface area contributed by atoms with Crippen LogP contribution in [0.3, 0.4) is 0 Å². The van der Waals surface area contributed by atoms with Gasteiger partial charge in [0.05, 0.1) is 18.8 Å². The van der Waals surface area contributed by atoms with E-state index in [4.69, 9.17) is 0 Å². The molecule has 2 saturated heterocycles. The molecule has 0 aromatic carbocycles. The normalized spacial score (nSPS) is 29.0. The van der Waals surface area contributed by atoms with Crippen LogP contribution in [0.5, 0.6) is 0 Å². The highest BCUT2D eigenvalue weighted by Gasteiger charge is 2.41. The predicted molar refractivity (Wildman–Crippen MR) is 94.9 cm³/mol. The minimum absolute atomic E-state index is 0.159. The second-order valence-corrected chi connectivity index (χ2v) is 8.06. The molecule has 1 aromatic rings. The summed E-state index contributed by atoms with van der Waals surface area (Å²) in [6, 6.07) is 1.77. The molecule has 3 aliphatic rings. The fourth-order valence-corrected chi connectivity index (χ4v) is 5.02. The molecule has 0 amide bonds. The summed E-state index contributed by atoms with van der Waals surface area (Å²) < 4.78 is 1.97. The van der Waals surface area contributed by atoms with Gasteiger partial charge >= 0.3 is 0 Å². The van der Waals surface area contributed by atoms with Crippen LogP contribution in [0.1, 0.15) is 49.1 Å². The molecule has 1 aliphatic carbocycles. The Balaban J connectivity index is 1.42. The number of nitrogens with zero attached hydrogens (tertiary/aromatic N) is 4. The molecule has 3 heterocycles. The van der Waals surface area contributed by atoms with Gasteiger partial charge in [0.1, 0.15) is 0 Å². The molecule has 134 valence electrons. The topological polar surface area (TPSA) is 44.5 Å². The number of piperidine rings is 2. The van der Waals surface area contributed by atoms with Crippen molar-refractivity contribution in [3.05, 3.63) is 17.0 Å². The molecule has 0 spiro atoms. The molecule has 0 radical (unpaired) electrons. The maximum absolute atomic E-state index is 9.19. The number of rotatable bonds is 5. The third-order valence-corrected chi connectivity index (χ3v) is 6.44. The lowest BCUT2D eigenvalue weighted by Crippen LogP contribution is -2.54. The standard InChI is InChI=1S/C19H32N4O/c1-14-18(15(2)23(20-14)10-11-24)13-21-9-7-19-16(12-21)4-3-8-22(19)17-5-6-17/h16-17,19,24H,3-13H2,1-2H3. The second kappa shape index (κ2) is 6.77. The molecule has 3 fully saturated rings. The zero-order chi connectivity index (χ0) is 16.7. The average molecular weight is 332 g/mol. The fourth-order valence-electron chi connectivity index (χ4n) is 5.02. The van der Waals surface area contributed by atoms with E-state index in [1.807, 2.05) is 4.68 Å². The van der Waals surface area contributed by atoms with E-state index < -0.39 is 0 Å². The van der Waals surface area contributed by atoms with Crippen molar-refractivity contribution in [3.63, 3.8) is 0 Å². The summed E-state index contributed by atoms with van der Waals surface area (Å²) >= 11 is 0. The first kappa shape index (κ1) is 16.6. The summed E-state index contributed by atoms with van der Waals surface area (Å²) in [5, 5.41) is 13.8. The molecule has 1 saturated carbocycles. The monoisotopic (exact) mass is 332 g/mol. The van der Waals surface area contributed by atoms with Crippen LogP contribution in [0.4, 0.5) is 0 Å². The minimum Gasteiger partial charge on any atom is -0.394 e. The van der Waals surface area contributed by atoms with Gasteiger partial charge < -0.3 is 5.11 Å². The SMILES string of the molecule is Cc1nn(CCO)c(C)c1CN1CCC2C(CCCN2C2CC2)C1. The number of aromatic nitrogens is 2. The van der Waals surface area contributed by atoms with Gasteiger partial charge in [-0.15, -0.1) is 0 Å². The Labute approximate surface area is 145 Å². The molecule has 0 bridgehead atoms. The lowest BCUT2D eigenvalue weighted by atomic mass is 9.83. The van der Waals surface area contributed by atoms with Crippen LogP contribution in [0.2, 0.25) is 0 Å². The third-order valence-electron chi connectivity index (χ3n) is 6.44. The van der Waals surface area contributed by atoms with Gasteiger partial charge in [0.2, 0.25) is 0 Å². The first-order valence-corrected chi connectivity index (χ1v) is 9.79. The highest BCUT2D eigenvalue weighted by molar-refractivity contribution is 5.24. The van der Waals surface area contributed by atoms with Crippen LogP contribution >= 0.6 is 0 Å². The van der Waals surface area contributed by atoms with Crippen LogP contribution in [0.25, 0.3) is 0 Å². The summed E-state index contributed by atoms with van der Waals surface area (Å²) in [7, 11) is 0. The lowest BCUT2D eigenvalue weighted by molar-refractivity contribution is 0.0153. The van der Waals surface area contributed by atoms with E-state index in [-0.39, 0.29) is 6.61 Å². The summed E-state index contributed by atoms with van der Waals surface area (Å²) in [4.78, 5) is 5.50. The first-order chi connectivity index (χ1) is 11.7. The smallest absolute Gasteiger partial charge is 0.0644 e. The number of aliphatic hydroxyl groups is 1. The summed E-state index contributed by atoms with van der Waals surface area (Å²) in [6.45, 7) is 9.85. The van der Waals surface area contributed by atoms with E-state index in [2.05, 4.69) is 28.7 Å². The zero-order valence-electron chi connectivity index (χ0n) is 15.2. The molecule has 1 N–H and O–H groups in total. The van der Waals surface area contributed by atoms with Crippen molar-refractivity contribution in [1.29, 1.82) is 0 Å². The van der Waals surface area contributed by atoms with Gasteiger partial charge in [-0.1, -0.05) is 0 Å². The largest absolute Gasteiger partial charge is 0.394 e. The van der Waals surface area contributed by atoms with Crippen molar-refractivity contribution >= 4 is 0 Å². The Morgan fingerprint density at radius 3 is 2.71 bits per heavy atom. The third kappa shape index (κ3) is 3.14. The average Bonchev–Trinajstić information content (AvgIpc) is 3.39. The van der Waals surface area contributed by atoms with Crippen LogP contribution in [0.15, 0.2) is 0 Å². The molecule has 4 rings (SSSR count). The number of aryl methyl sites for hydroxylation is 1. The van der Waals surface area contributed by atoms with Crippen LogP contribution in [0, 0.1) is 19.8 Å². The zero-order valence-corrected chi connectivity index (χ0v) is 15.2. The molecular formula is C19H32N4O. The van der Waals surface area contributed by atoms with E-state index in [1.54, 1.807) is 0 Å². The van der Waals surface area contributed by atoms with Crippen molar-refractivity contribution in [2.75, 3.05) is 26.2 Å². The highest BCUT2D eigenvalue weighted by atomic mass is 16.3. The van der Waals surface area contributed by atoms with Gasteiger partial charge in [0.15, 0.2) is 0 Å². The summed E-state index contributed by atoms with van der Waals surface area (Å²) in [5.74, 6) is 0.862. The molecular weight excluding hydrogens is 300 g/mol. The van der Waals surface area contributed by atoms with Crippen LogP contribution < -0.4 is 0 Å². The predicted octanol–water partition coefficient (Wildman–Crippen LogP) is 1.94. The lowest BCUT2D eigenvalue weighted by Gasteiger charge is -2.47. The van der Waals surface area contributed by atoms with Crippen molar-refractivity contribution in [1.82, 2.24) is 19.6 Å². The van der Waals surface area contributed by atoms with E-state index in [0.29, 0.717) is 6.54 Å². The Kier molecular flexibility index (Phi) is 4.67. The van der Waals surface area contributed by atoms with Gasteiger partial charge in [-0.2, -0.15) is 5.10 Å². The molecule has 2 atom stereocenters. The second-order valence-electron chi connectivity index (χ2n) is 8.06. The van der Waals surface area contributed by atoms with E-state index in [9.17, 15) is 5.11 Å². The first-order valence-electron chi connectivity index (χ1n) is 9.79. The van der Waals surface area contributed by atoms with Crippen LogP contribution in [-0.4, -0.2) is 63.0 Å². The van der Waals surface area contributed by atoms with Gasteiger partial charge in [-0.25, -0.2) is 0 Å². The number of hydrogen-bond acceptors (Lipinski definition) is 4. The fraction of sp³-hybridized carbons (Fsp3) is 0.842. The van der Waals surface area contributed by atoms with E-state index in [0.717, 1.165) is 30.2 Å². The Bertz CT molecular complexity index is 580. The van der Waals surface area contributed by atoms with E-state index >= 15 is 0 Å². The van der Waals surface area contributed by atoms with Crippen LogP contribution in [-0.2, 0) is 13.1 Å². The van der Waals surface area contributed by atoms with Crippen molar-refractivity contribution in [2.24, 2.45) is 5.92 Å². The van der Waals surface area contributed by atoms with Gasteiger partial charge in [-0.3, -0.25) is 14.5 Å². The number of aliphatic hydroxyl groups excluding tert-OH is 1. The molecule has 5 heteroatoms. The molecule has 24 heavy (non-hydrogen) atoms. The molecule has 2 aliphatic heterocycles. The Morgan fingerprint density at radius 2 is 1.96 bits per heavy atom. The quantitative estimate of drug-likeness (QED) is 0.895. The Hall–Kier alpha value is -0.910. The number of hydrogen-bond donors (Lipinski definition) is 1. The van der Waals surface area contributed by atoms with Gasteiger partial charge in [0, 0.05) is 36.4 Å². The number of fused-ring (bicyclic) bond motifs is 1. The highest BCUT2D eigenvalue weighted by Crippen LogP contribution is 2.38. The maximum Gasteiger partial charge on any atom is 0.0644 e. The van der Waals surface area contributed by atoms with Gasteiger partial charge in [0.25, 0.3) is 0 Å². The van der Waals surface area contributed by atoms with Crippen molar-refractivity contribution in [3.8, 4) is 0 Å². The van der Waals surface area contributed by atoms with Gasteiger partial charge in [-0.05, 0) is 65.0 Å². The number of likely N-dealkylation sites (tertiary alicyclic amines) is 2. The summed E-state index contributed by atoms with van der Waals surface area (Å²) in [5.41, 5.74) is 3.73.